The first kappa shape index (κ1) is 27.2. The van der Waals surface area contributed by atoms with Crippen LogP contribution in [0.4, 0.5) is 0 Å². The molecule has 8 nitrogen and oxygen atoms in total. The molecule has 9 heteroatoms. The Morgan fingerprint density at radius 2 is 1.61 bits per heavy atom. The molecule has 2 fully saturated rings. The maximum atomic E-state index is 12.8. The monoisotopic (exact) mass is 571 g/mol. The molecule has 1 heterocycles. The van der Waals surface area contributed by atoms with Crippen molar-refractivity contribution in [2.24, 2.45) is 5.92 Å². The van der Waals surface area contributed by atoms with E-state index in [1.54, 1.807) is 18.2 Å². The van der Waals surface area contributed by atoms with Gasteiger partial charge < -0.3 is 9.84 Å². The average molecular weight is 572 g/mol. The van der Waals surface area contributed by atoms with E-state index in [1.165, 1.54) is 6.26 Å². The van der Waals surface area contributed by atoms with E-state index in [4.69, 9.17) is 14.8 Å². The summed E-state index contributed by atoms with van der Waals surface area (Å²) >= 11 is 0. The number of rotatable bonds is 9. The summed E-state index contributed by atoms with van der Waals surface area (Å²) in [7, 11) is -3.41. The van der Waals surface area contributed by atoms with Gasteiger partial charge in [-0.2, -0.15) is 5.10 Å². The first-order chi connectivity index (χ1) is 19.7. The topological polar surface area (TPSA) is 111 Å². The van der Waals surface area contributed by atoms with Gasteiger partial charge in [-0.25, -0.2) is 18.1 Å². The van der Waals surface area contributed by atoms with Crippen molar-refractivity contribution in [3.8, 4) is 17.1 Å². The second-order valence-electron chi connectivity index (χ2n) is 11.3. The van der Waals surface area contributed by atoms with Gasteiger partial charge >= 0.3 is 5.97 Å². The number of ether oxygens (including phenoxy) is 1. The van der Waals surface area contributed by atoms with Gasteiger partial charge in [-0.1, -0.05) is 60.7 Å². The van der Waals surface area contributed by atoms with Crippen LogP contribution < -0.4 is 4.74 Å². The zero-order valence-electron chi connectivity index (χ0n) is 22.9. The van der Waals surface area contributed by atoms with E-state index in [0.717, 1.165) is 18.4 Å². The van der Waals surface area contributed by atoms with E-state index in [2.05, 4.69) is 0 Å². The highest BCUT2D eigenvalue weighted by molar-refractivity contribution is 7.90. The maximum absolute atomic E-state index is 12.8. The minimum absolute atomic E-state index is 0.206. The van der Waals surface area contributed by atoms with E-state index < -0.39 is 26.8 Å². The molecule has 2 aliphatic rings. The SMILES string of the molecule is CS(=O)(=O)c1cccc(-c2nc(C3(Oc4ccccc4)CCC(C(=O)O)(c4ccccc4)CC3)n(CC3CC3)n2)c1. The molecule has 0 spiro atoms. The van der Waals surface area contributed by atoms with Crippen molar-refractivity contribution < 1.29 is 23.1 Å². The highest BCUT2D eigenvalue weighted by Gasteiger charge is 2.52. The smallest absolute Gasteiger partial charge is 0.314 e. The van der Waals surface area contributed by atoms with Crippen LogP contribution in [0, 0.1) is 5.92 Å². The lowest BCUT2D eigenvalue weighted by Crippen LogP contribution is -2.48. The van der Waals surface area contributed by atoms with Crippen LogP contribution in [0.15, 0.2) is 89.8 Å². The van der Waals surface area contributed by atoms with Gasteiger partial charge in [-0.15, -0.1) is 0 Å². The third kappa shape index (κ3) is 5.38. The average Bonchev–Trinajstić information content (AvgIpc) is 3.69. The Morgan fingerprint density at radius 3 is 2.22 bits per heavy atom. The van der Waals surface area contributed by atoms with Crippen LogP contribution in [-0.4, -0.2) is 40.5 Å². The fourth-order valence-electron chi connectivity index (χ4n) is 5.89. The van der Waals surface area contributed by atoms with Crippen LogP contribution in [0.5, 0.6) is 5.75 Å². The van der Waals surface area contributed by atoms with E-state index in [1.807, 2.05) is 71.4 Å². The molecule has 1 N–H and O–H groups in total. The highest BCUT2D eigenvalue weighted by Crippen LogP contribution is 2.49. The number of carbonyl (C=O) groups is 1. The fraction of sp³-hybridized carbons (Fsp3) is 0.344. The van der Waals surface area contributed by atoms with Crippen molar-refractivity contribution in [1.82, 2.24) is 14.8 Å². The van der Waals surface area contributed by atoms with E-state index in [9.17, 15) is 18.3 Å². The summed E-state index contributed by atoms with van der Waals surface area (Å²) in [5.74, 6) is 1.41. The Labute approximate surface area is 239 Å². The number of carboxylic acids is 1. The molecule has 4 aromatic rings. The lowest BCUT2D eigenvalue weighted by molar-refractivity contribution is -0.147. The molecule has 0 saturated heterocycles. The second-order valence-corrected chi connectivity index (χ2v) is 13.4. The minimum atomic E-state index is -3.41. The highest BCUT2D eigenvalue weighted by atomic mass is 32.2. The van der Waals surface area contributed by atoms with E-state index >= 15 is 0 Å². The quantitative estimate of drug-likeness (QED) is 0.277. The van der Waals surface area contributed by atoms with Crippen molar-refractivity contribution in [3.63, 3.8) is 0 Å². The summed E-state index contributed by atoms with van der Waals surface area (Å²) in [4.78, 5) is 18.0. The summed E-state index contributed by atoms with van der Waals surface area (Å²) in [6.45, 7) is 0.677. The van der Waals surface area contributed by atoms with Crippen molar-refractivity contribution in [2.75, 3.05) is 6.26 Å². The fourth-order valence-corrected chi connectivity index (χ4v) is 6.56. The van der Waals surface area contributed by atoms with E-state index in [-0.39, 0.29) is 4.90 Å². The zero-order chi connectivity index (χ0) is 28.7. The molecule has 0 radical (unpaired) electrons. The van der Waals surface area contributed by atoms with Gasteiger partial charge in [0.15, 0.2) is 27.1 Å². The number of sulfone groups is 1. The third-order valence-corrected chi connectivity index (χ3v) is 9.54. The Kier molecular flexibility index (Phi) is 6.93. The number of aliphatic carboxylic acids is 1. The molecule has 0 atom stereocenters. The molecule has 6 rings (SSSR count). The Morgan fingerprint density at radius 1 is 0.951 bits per heavy atom. The Balaban J connectivity index is 1.45. The molecule has 0 aliphatic heterocycles. The third-order valence-electron chi connectivity index (χ3n) is 8.43. The molecule has 0 bridgehead atoms. The molecular weight excluding hydrogens is 538 g/mol. The molecule has 3 aromatic carbocycles. The van der Waals surface area contributed by atoms with Crippen LogP contribution in [0.25, 0.3) is 11.4 Å². The number of nitrogens with zero attached hydrogens (tertiary/aromatic N) is 3. The number of para-hydroxylation sites is 1. The number of carboxylic acid groups (broad SMARTS) is 1. The number of aromatic nitrogens is 3. The predicted molar refractivity (Wildman–Crippen MR) is 154 cm³/mol. The first-order valence-corrected chi connectivity index (χ1v) is 15.9. The van der Waals surface area contributed by atoms with Crippen LogP contribution in [-0.2, 0) is 32.2 Å². The van der Waals surface area contributed by atoms with Gasteiger partial charge in [0.1, 0.15) is 5.75 Å². The standard InChI is InChI=1S/C32H33N3O5S/c1-41(38,39)27-14-8-9-24(21-27)28-33-29(35(34-28)22-23-15-16-23)32(40-26-12-6-3-7-13-26)19-17-31(18-20-32,30(36)37)25-10-4-2-5-11-25/h2-14,21,23H,15-20,22H2,1H3,(H,36,37). The molecule has 2 saturated carbocycles. The van der Waals surface area contributed by atoms with Gasteiger partial charge in [-0.3, -0.25) is 4.79 Å². The molecule has 2 aliphatic carbocycles. The Bertz CT molecular complexity index is 1660. The molecule has 0 unspecified atom stereocenters. The summed E-state index contributed by atoms with van der Waals surface area (Å²) in [6.07, 6.45) is 5.00. The van der Waals surface area contributed by atoms with Crippen LogP contribution >= 0.6 is 0 Å². The molecule has 0 amide bonds. The predicted octanol–water partition coefficient (Wildman–Crippen LogP) is 5.63. The van der Waals surface area contributed by atoms with Crippen molar-refractivity contribution >= 4 is 15.8 Å². The van der Waals surface area contributed by atoms with Gasteiger partial charge in [0.25, 0.3) is 0 Å². The van der Waals surface area contributed by atoms with Crippen LogP contribution in [0.1, 0.15) is 49.9 Å². The number of hydrogen-bond donors (Lipinski definition) is 1. The van der Waals surface area contributed by atoms with Crippen LogP contribution in [0.2, 0.25) is 0 Å². The second kappa shape index (κ2) is 10.4. The lowest BCUT2D eigenvalue weighted by Gasteiger charge is -2.44. The normalized spacial score (nSPS) is 22.8. The van der Waals surface area contributed by atoms with Gasteiger partial charge in [0.2, 0.25) is 0 Å². The molecule has 1 aromatic heterocycles. The van der Waals surface area contributed by atoms with Crippen molar-refractivity contribution in [1.29, 1.82) is 0 Å². The molecule has 212 valence electrons. The lowest BCUT2D eigenvalue weighted by atomic mass is 9.65. The zero-order valence-corrected chi connectivity index (χ0v) is 23.8. The summed E-state index contributed by atoms with van der Waals surface area (Å²) < 4.78 is 33.2. The summed E-state index contributed by atoms with van der Waals surface area (Å²) in [5.41, 5.74) is -0.542. The Hall–Kier alpha value is -3.98. The van der Waals surface area contributed by atoms with Gasteiger partial charge in [0.05, 0.1) is 10.3 Å². The number of hydrogen-bond acceptors (Lipinski definition) is 6. The van der Waals surface area contributed by atoms with Gasteiger partial charge in [-0.05, 0) is 74.3 Å². The van der Waals surface area contributed by atoms with Crippen LogP contribution in [0.3, 0.4) is 0 Å². The molecule has 41 heavy (non-hydrogen) atoms. The summed E-state index contributed by atoms with van der Waals surface area (Å²) in [5, 5.41) is 15.4. The number of benzene rings is 3. The largest absolute Gasteiger partial charge is 0.481 e. The van der Waals surface area contributed by atoms with Crippen molar-refractivity contribution in [3.05, 3.63) is 96.3 Å². The summed E-state index contributed by atoms with van der Waals surface area (Å²) in [6, 6.07) is 25.7. The first-order valence-electron chi connectivity index (χ1n) is 14.0. The van der Waals surface area contributed by atoms with E-state index in [0.29, 0.717) is 61.1 Å². The maximum Gasteiger partial charge on any atom is 0.314 e. The van der Waals surface area contributed by atoms with Gasteiger partial charge in [0, 0.05) is 18.4 Å². The van der Waals surface area contributed by atoms with Crippen molar-refractivity contribution in [2.45, 2.75) is 61.0 Å². The molecular formula is C32H33N3O5S. The minimum Gasteiger partial charge on any atom is -0.481 e.